The lowest BCUT2D eigenvalue weighted by molar-refractivity contribution is -0.152. The van der Waals surface area contributed by atoms with Gasteiger partial charge in [-0.3, -0.25) is 4.79 Å². The average molecular weight is 290 g/mol. The number of halogens is 1. The van der Waals surface area contributed by atoms with E-state index >= 15 is 0 Å². The van der Waals surface area contributed by atoms with Gasteiger partial charge in [-0.2, -0.15) is 0 Å². The Hall–Kier alpha value is -1.46. The van der Waals surface area contributed by atoms with Crippen molar-refractivity contribution in [2.24, 2.45) is 11.1 Å². The van der Waals surface area contributed by atoms with Crippen LogP contribution in [0.2, 0.25) is 0 Å². The summed E-state index contributed by atoms with van der Waals surface area (Å²) in [5.74, 6) is 0.128. The van der Waals surface area contributed by atoms with Crippen LogP contribution in [0.5, 0.6) is 11.5 Å². The predicted molar refractivity (Wildman–Crippen MR) is 74.6 cm³/mol. The molecule has 6 heteroatoms. The third-order valence-electron chi connectivity index (χ3n) is 3.04. The van der Waals surface area contributed by atoms with Gasteiger partial charge >= 0.3 is 5.97 Å². The first-order chi connectivity index (χ1) is 8.34. The molecule has 108 valence electrons. The zero-order chi connectivity index (χ0) is 13.9. The van der Waals surface area contributed by atoms with Crippen LogP contribution in [0, 0.1) is 5.41 Å². The molecule has 1 atom stereocenters. The molecule has 0 aliphatic heterocycles. The van der Waals surface area contributed by atoms with Crippen molar-refractivity contribution in [3.8, 4) is 11.5 Å². The number of benzene rings is 1. The van der Waals surface area contributed by atoms with Crippen molar-refractivity contribution < 1.29 is 19.4 Å². The lowest BCUT2D eigenvalue weighted by Gasteiger charge is -2.29. The average Bonchev–Trinajstić information content (AvgIpc) is 2.36. The summed E-state index contributed by atoms with van der Waals surface area (Å²) in [5, 5.41) is 9.40. The highest BCUT2D eigenvalue weighted by Crippen LogP contribution is 2.38. The van der Waals surface area contributed by atoms with Gasteiger partial charge in [-0.25, -0.2) is 0 Å². The summed E-state index contributed by atoms with van der Waals surface area (Å²) in [5.41, 5.74) is 5.87. The van der Waals surface area contributed by atoms with Crippen molar-refractivity contribution >= 4 is 18.4 Å². The molecular formula is C13H20ClNO4. The van der Waals surface area contributed by atoms with E-state index in [9.17, 15) is 9.90 Å². The van der Waals surface area contributed by atoms with E-state index in [-0.39, 0.29) is 18.2 Å². The van der Waals surface area contributed by atoms with Crippen molar-refractivity contribution in [3.05, 3.63) is 23.8 Å². The summed E-state index contributed by atoms with van der Waals surface area (Å²) in [6.07, 6.45) is 0. The second-order valence-electron chi connectivity index (χ2n) is 4.62. The molecule has 19 heavy (non-hydrogen) atoms. The number of carbonyl (C=O) groups is 1. The van der Waals surface area contributed by atoms with Gasteiger partial charge in [-0.05, 0) is 19.9 Å². The van der Waals surface area contributed by atoms with Crippen LogP contribution in [-0.4, -0.2) is 25.3 Å². The van der Waals surface area contributed by atoms with E-state index in [1.165, 1.54) is 26.4 Å². The number of nitrogens with two attached hydrogens (primary N) is 1. The zero-order valence-corrected chi connectivity index (χ0v) is 12.3. The van der Waals surface area contributed by atoms with Gasteiger partial charge in [-0.15, -0.1) is 12.4 Å². The molecule has 0 aliphatic carbocycles. The van der Waals surface area contributed by atoms with E-state index < -0.39 is 17.4 Å². The van der Waals surface area contributed by atoms with Gasteiger partial charge < -0.3 is 20.3 Å². The standard InChI is InChI=1S/C13H19NO4.ClH/c1-13(2,12(16)18-4)11(14)9-6-5-8(15)7-10(9)17-3;/h5-7,11,15H,14H2,1-4H3;1H/t11-;/m0./s1. The third kappa shape index (κ3) is 3.52. The highest BCUT2D eigenvalue weighted by molar-refractivity contribution is 5.85. The first-order valence-corrected chi connectivity index (χ1v) is 5.55. The maximum atomic E-state index is 11.7. The summed E-state index contributed by atoms with van der Waals surface area (Å²) in [7, 11) is 2.81. The number of phenols is 1. The van der Waals surface area contributed by atoms with Crippen molar-refractivity contribution in [1.29, 1.82) is 0 Å². The minimum absolute atomic E-state index is 0. The summed E-state index contributed by atoms with van der Waals surface area (Å²) < 4.78 is 9.91. The minimum Gasteiger partial charge on any atom is -0.508 e. The highest BCUT2D eigenvalue weighted by atomic mass is 35.5. The molecule has 0 amide bonds. The molecule has 1 rings (SSSR count). The molecule has 0 saturated heterocycles. The van der Waals surface area contributed by atoms with Crippen LogP contribution >= 0.6 is 12.4 Å². The number of carbonyl (C=O) groups excluding carboxylic acids is 1. The Morgan fingerprint density at radius 3 is 2.42 bits per heavy atom. The molecule has 0 unspecified atom stereocenters. The van der Waals surface area contributed by atoms with Crippen LogP contribution in [0.15, 0.2) is 18.2 Å². The first-order valence-electron chi connectivity index (χ1n) is 5.55. The fourth-order valence-electron chi connectivity index (χ4n) is 1.74. The van der Waals surface area contributed by atoms with Gasteiger partial charge in [0.1, 0.15) is 11.5 Å². The number of ether oxygens (including phenoxy) is 2. The maximum absolute atomic E-state index is 11.7. The fourth-order valence-corrected chi connectivity index (χ4v) is 1.74. The molecule has 0 aliphatic rings. The van der Waals surface area contributed by atoms with Crippen LogP contribution in [-0.2, 0) is 9.53 Å². The van der Waals surface area contributed by atoms with Crippen LogP contribution in [0.1, 0.15) is 25.5 Å². The molecular weight excluding hydrogens is 270 g/mol. The van der Waals surface area contributed by atoms with Gasteiger partial charge in [0, 0.05) is 17.7 Å². The van der Waals surface area contributed by atoms with Crippen molar-refractivity contribution in [2.75, 3.05) is 14.2 Å². The normalized spacial score (nSPS) is 12.3. The lowest BCUT2D eigenvalue weighted by atomic mass is 9.80. The van der Waals surface area contributed by atoms with Gasteiger partial charge in [-0.1, -0.05) is 6.07 Å². The zero-order valence-electron chi connectivity index (χ0n) is 11.5. The molecule has 0 spiro atoms. The lowest BCUT2D eigenvalue weighted by Crippen LogP contribution is -2.37. The molecule has 0 heterocycles. The van der Waals surface area contributed by atoms with E-state index in [0.29, 0.717) is 11.3 Å². The Labute approximate surface area is 119 Å². The molecule has 0 radical (unpaired) electrons. The van der Waals surface area contributed by atoms with Crippen LogP contribution in [0.4, 0.5) is 0 Å². The quantitative estimate of drug-likeness (QED) is 0.829. The smallest absolute Gasteiger partial charge is 0.313 e. The Kier molecular flexibility index (Phi) is 6.12. The van der Waals surface area contributed by atoms with E-state index in [0.717, 1.165) is 0 Å². The SMILES string of the molecule is COC(=O)C(C)(C)[C@@H](N)c1ccc(O)cc1OC.Cl. The number of hydrogen-bond acceptors (Lipinski definition) is 5. The van der Waals surface area contributed by atoms with Crippen molar-refractivity contribution in [2.45, 2.75) is 19.9 Å². The largest absolute Gasteiger partial charge is 0.508 e. The second-order valence-corrected chi connectivity index (χ2v) is 4.62. The number of esters is 1. The van der Waals surface area contributed by atoms with Crippen LogP contribution in [0.3, 0.4) is 0 Å². The summed E-state index contributed by atoms with van der Waals surface area (Å²) in [6, 6.07) is 4.01. The van der Waals surface area contributed by atoms with E-state index in [2.05, 4.69) is 0 Å². The van der Waals surface area contributed by atoms with Gasteiger partial charge in [0.2, 0.25) is 0 Å². The summed E-state index contributed by atoms with van der Waals surface area (Å²) in [4.78, 5) is 11.7. The Morgan fingerprint density at radius 2 is 1.95 bits per heavy atom. The van der Waals surface area contributed by atoms with E-state index in [4.69, 9.17) is 15.2 Å². The molecule has 5 nitrogen and oxygen atoms in total. The molecule has 0 bridgehead atoms. The van der Waals surface area contributed by atoms with Crippen LogP contribution in [0.25, 0.3) is 0 Å². The van der Waals surface area contributed by atoms with Crippen LogP contribution < -0.4 is 10.5 Å². The molecule has 0 fully saturated rings. The number of hydrogen-bond donors (Lipinski definition) is 2. The predicted octanol–water partition coefficient (Wildman–Crippen LogP) is 2.02. The highest BCUT2D eigenvalue weighted by Gasteiger charge is 2.37. The monoisotopic (exact) mass is 289 g/mol. The molecule has 1 aromatic carbocycles. The van der Waals surface area contributed by atoms with Gasteiger partial charge in [0.25, 0.3) is 0 Å². The summed E-state index contributed by atoms with van der Waals surface area (Å²) in [6.45, 7) is 3.41. The third-order valence-corrected chi connectivity index (χ3v) is 3.04. The second kappa shape index (κ2) is 6.63. The molecule has 1 aromatic rings. The first kappa shape index (κ1) is 17.5. The van der Waals surface area contributed by atoms with E-state index in [1.807, 2.05) is 0 Å². The van der Waals surface area contributed by atoms with Crippen molar-refractivity contribution in [3.63, 3.8) is 0 Å². The van der Waals surface area contributed by atoms with Crippen molar-refractivity contribution in [1.82, 2.24) is 0 Å². The number of phenolic OH excluding ortho intramolecular Hbond substituents is 1. The number of methoxy groups -OCH3 is 2. The fraction of sp³-hybridized carbons (Fsp3) is 0.462. The molecule has 0 aromatic heterocycles. The number of rotatable bonds is 4. The van der Waals surface area contributed by atoms with Gasteiger partial charge in [0.05, 0.1) is 19.6 Å². The molecule has 3 N–H and O–H groups in total. The van der Waals surface area contributed by atoms with Gasteiger partial charge in [0.15, 0.2) is 0 Å². The summed E-state index contributed by atoms with van der Waals surface area (Å²) >= 11 is 0. The Morgan fingerprint density at radius 1 is 1.37 bits per heavy atom. The minimum atomic E-state index is -0.890. The topological polar surface area (TPSA) is 81.8 Å². The Bertz CT molecular complexity index is 448. The maximum Gasteiger partial charge on any atom is 0.313 e. The number of aromatic hydroxyl groups is 1. The Balaban J connectivity index is 0.00000324. The van der Waals surface area contributed by atoms with E-state index in [1.54, 1.807) is 19.9 Å². The molecule has 0 saturated carbocycles.